The van der Waals surface area contributed by atoms with E-state index in [4.69, 9.17) is 4.74 Å². The van der Waals surface area contributed by atoms with Crippen molar-refractivity contribution in [2.45, 2.75) is 73.0 Å². The molecule has 0 spiro atoms. The van der Waals surface area contributed by atoms with Gasteiger partial charge < -0.3 is 10.1 Å². The summed E-state index contributed by atoms with van der Waals surface area (Å²) in [7, 11) is 1.80. The minimum atomic E-state index is 0.00132. The molecule has 17 heavy (non-hydrogen) atoms. The summed E-state index contributed by atoms with van der Waals surface area (Å²) in [5.74, 6) is 0.694. The molecule has 0 rings (SSSR count). The minimum absolute atomic E-state index is 0.00132. The van der Waals surface area contributed by atoms with Crippen LogP contribution in [0.15, 0.2) is 0 Å². The van der Waals surface area contributed by atoms with Gasteiger partial charge in [0.15, 0.2) is 0 Å². The summed E-state index contributed by atoms with van der Waals surface area (Å²) in [6.45, 7) is 16.8. The number of rotatable bonds is 7. The monoisotopic (exact) mass is 243 g/mol. The van der Waals surface area contributed by atoms with Crippen LogP contribution >= 0.6 is 0 Å². The molecular weight excluding hydrogens is 210 g/mol. The van der Waals surface area contributed by atoms with Crippen LogP contribution in [0.4, 0.5) is 0 Å². The molecule has 2 heteroatoms. The second-order valence-corrected chi connectivity index (χ2v) is 7.13. The van der Waals surface area contributed by atoms with E-state index in [0.717, 1.165) is 13.0 Å². The fourth-order valence-electron chi connectivity index (χ4n) is 1.84. The Labute approximate surface area is 109 Å². The highest BCUT2D eigenvalue weighted by Gasteiger charge is 2.27. The molecule has 1 N–H and O–H groups in total. The van der Waals surface area contributed by atoms with Gasteiger partial charge in [0.2, 0.25) is 0 Å². The zero-order valence-electron chi connectivity index (χ0n) is 13.2. The molecule has 0 aromatic carbocycles. The number of nitrogens with one attached hydrogen (secondary N) is 1. The molecule has 0 aromatic rings. The molecule has 2 nitrogen and oxygen atoms in total. The highest BCUT2D eigenvalue weighted by molar-refractivity contribution is 4.80. The number of hydrogen-bond donors (Lipinski definition) is 1. The van der Waals surface area contributed by atoms with Gasteiger partial charge in [-0.25, -0.2) is 0 Å². The molecule has 0 amide bonds. The summed E-state index contributed by atoms with van der Waals surface area (Å²) >= 11 is 0. The molecule has 0 bridgehead atoms. The summed E-state index contributed by atoms with van der Waals surface area (Å²) in [5.41, 5.74) is 0.354. The Morgan fingerprint density at radius 3 is 1.94 bits per heavy atom. The highest BCUT2D eigenvalue weighted by Crippen LogP contribution is 2.31. The molecule has 0 aliphatic carbocycles. The molecular formula is C15H33NO. The van der Waals surface area contributed by atoms with E-state index in [1.54, 1.807) is 7.11 Å². The van der Waals surface area contributed by atoms with Gasteiger partial charge >= 0.3 is 0 Å². The fraction of sp³-hybridized carbons (Fsp3) is 1.00. The van der Waals surface area contributed by atoms with E-state index < -0.39 is 0 Å². The van der Waals surface area contributed by atoms with E-state index in [-0.39, 0.29) is 5.60 Å². The summed E-state index contributed by atoms with van der Waals surface area (Å²) in [5, 5.41) is 3.57. The lowest BCUT2D eigenvalue weighted by Crippen LogP contribution is -2.36. The molecule has 0 aliphatic heterocycles. The molecule has 0 heterocycles. The van der Waals surface area contributed by atoms with Crippen molar-refractivity contribution in [3.8, 4) is 0 Å². The van der Waals surface area contributed by atoms with E-state index in [0.29, 0.717) is 17.4 Å². The summed E-state index contributed by atoms with van der Waals surface area (Å²) in [4.78, 5) is 0. The molecule has 0 aromatic heterocycles. The predicted octanol–water partition coefficient (Wildman–Crippen LogP) is 3.85. The van der Waals surface area contributed by atoms with Crippen molar-refractivity contribution in [3.05, 3.63) is 0 Å². The van der Waals surface area contributed by atoms with Crippen LogP contribution in [0.5, 0.6) is 0 Å². The van der Waals surface area contributed by atoms with Gasteiger partial charge in [-0.3, -0.25) is 0 Å². The topological polar surface area (TPSA) is 21.3 Å². The van der Waals surface area contributed by atoms with Gasteiger partial charge in [0.05, 0.1) is 5.60 Å². The number of hydrogen-bond acceptors (Lipinski definition) is 2. The Bertz CT molecular complexity index is 203. The first-order chi connectivity index (χ1) is 7.58. The molecule has 0 fully saturated rings. The van der Waals surface area contributed by atoms with E-state index >= 15 is 0 Å². The first-order valence-corrected chi connectivity index (χ1v) is 6.87. The minimum Gasteiger partial charge on any atom is -0.379 e. The molecule has 0 radical (unpaired) electrons. The quantitative estimate of drug-likeness (QED) is 0.733. The third kappa shape index (κ3) is 7.77. The Kier molecular flexibility index (Phi) is 6.71. The van der Waals surface area contributed by atoms with Crippen molar-refractivity contribution >= 4 is 0 Å². The normalized spacial score (nSPS) is 15.4. The summed E-state index contributed by atoms with van der Waals surface area (Å²) in [6, 6.07) is 0.565. The van der Waals surface area contributed by atoms with E-state index in [1.165, 1.54) is 6.42 Å². The Morgan fingerprint density at radius 1 is 1.06 bits per heavy atom. The van der Waals surface area contributed by atoms with Crippen molar-refractivity contribution < 1.29 is 4.74 Å². The second-order valence-electron chi connectivity index (χ2n) is 7.13. The van der Waals surface area contributed by atoms with Crippen molar-refractivity contribution in [2.24, 2.45) is 11.3 Å². The lowest BCUT2D eigenvalue weighted by molar-refractivity contribution is 0.00568. The van der Waals surface area contributed by atoms with E-state index in [9.17, 15) is 0 Å². The number of methoxy groups -OCH3 is 1. The third-order valence-electron chi connectivity index (χ3n) is 3.64. The van der Waals surface area contributed by atoms with Crippen LogP contribution in [-0.4, -0.2) is 25.3 Å². The SMILES string of the molecule is COC(C)(C)CCC(CNC(C)C)C(C)(C)C. The van der Waals surface area contributed by atoms with Gasteiger partial charge in [-0.05, 0) is 44.6 Å². The lowest BCUT2D eigenvalue weighted by atomic mass is 9.76. The highest BCUT2D eigenvalue weighted by atomic mass is 16.5. The molecule has 1 unspecified atom stereocenters. The van der Waals surface area contributed by atoms with Gasteiger partial charge in [0.25, 0.3) is 0 Å². The average molecular weight is 243 g/mol. The smallest absolute Gasteiger partial charge is 0.0622 e. The van der Waals surface area contributed by atoms with Crippen molar-refractivity contribution in [2.75, 3.05) is 13.7 Å². The van der Waals surface area contributed by atoms with Crippen LogP contribution in [0.3, 0.4) is 0 Å². The maximum absolute atomic E-state index is 5.51. The van der Waals surface area contributed by atoms with Gasteiger partial charge in [-0.2, -0.15) is 0 Å². The maximum atomic E-state index is 5.51. The molecule has 104 valence electrons. The maximum Gasteiger partial charge on any atom is 0.0622 e. The Morgan fingerprint density at radius 2 is 1.59 bits per heavy atom. The molecule has 0 aliphatic rings. The van der Waals surface area contributed by atoms with Crippen LogP contribution in [0.25, 0.3) is 0 Å². The van der Waals surface area contributed by atoms with E-state index in [1.807, 2.05) is 0 Å². The largest absolute Gasteiger partial charge is 0.379 e. The zero-order chi connectivity index (χ0) is 13.7. The van der Waals surface area contributed by atoms with E-state index in [2.05, 4.69) is 53.8 Å². The van der Waals surface area contributed by atoms with Gasteiger partial charge in [-0.15, -0.1) is 0 Å². The van der Waals surface area contributed by atoms with Crippen LogP contribution in [0.1, 0.15) is 61.3 Å². The average Bonchev–Trinajstić information content (AvgIpc) is 2.15. The van der Waals surface area contributed by atoms with Crippen molar-refractivity contribution in [3.63, 3.8) is 0 Å². The van der Waals surface area contributed by atoms with Crippen LogP contribution in [0, 0.1) is 11.3 Å². The third-order valence-corrected chi connectivity index (χ3v) is 3.64. The lowest BCUT2D eigenvalue weighted by Gasteiger charge is -2.34. The first-order valence-electron chi connectivity index (χ1n) is 6.87. The van der Waals surface area contributed by atoms with Crippen LogP contribution in [0.2, 0.25) is 0 Å². The van der Waals surface area contributed by atoms with Crippen molar-refractivity contribution in [1.82, 2.24) is 5.32 Å². The summed E-state index contributed by atoms with van der Waals surface area (Å²) in [6.07, 6.45) is 2.33. The Hall–Kier alpha value is -0.0800. The fourth-order valence-corrected chi connectivity index (χ4v) is 1.84. The molecule has 0 saturated carbocycles. The van der Waals surface area contributed by atoms with Gasteiger partial charge in [0.1, 0.15) is 0 Å². The van der Waals surface area contributed by atoms with Gasteiger partial charge in [0, 0.05) is 13.2 Å². The van der Waals surface area contributed by atoms with Gasteiger partial charge in [-0.1, -0.05) is 34.6 Å². The predicted molar refractivity (Wildman–Crippen MR) is 76.4 cm³/mol. The standard InChI is InChI=1S/C15H33NO/c1-12(2)16-11-13(14(3,4)5)9-10-15(6,7)17-8/h12-13,16H,9-11H2,1-8H3. The van der Waals surface area contributed by atoms with Crippen LogP contribution in [-0.2, 0) is 4.74 Å². The first kappa shape index (κ1) is 16.9. The second kappa shape index (κ2) is 6.75. The zero-order valence-corrected chi connectivity index (χ0v) is 13.2. The van der Waals surface area contributed by atoms with Crippen molar-refractivity contribution in [1.29, 1.82) is 0 Å². The summed E-state index contributed by atoms with van der Waals surface area (Å²) < 4.78 is 5.51. The van der Waals surface area contributed by atoms with Crippen LogP contribution < -0.4 is 5.32 Å². The Balaban J connectivity index is 4.31. The molecule has 1 atom stereocenters. The molecule has 0 saturated heterocycles. The number of ether oxygens (including phenoxy) is 1.